The molecule has 0 fully saturated rings. The van der Waals surface area contributed by atoms with Crippen molar-refractivity contribution in [3.8, 4) is 11.5 Å². The minimum atomic E-state index is -0.374. The molecule has 0 aliphatic carbocycles. The van der Waals surface area contributed by atoms with Crippen LogP contribution in [0.5, 0.6) is 11.5 Å². The highest BCUT2D eigenvalue weighted by Gasteiger charge is 2.26. The van der Waals surface area contributed by atoms with Gasteiger partial charge in [-0.3, -0.25) is 9.59 Å². The van der Waals surface area contributed by atoms with E-state index >= 15 is 0 Å². The number of nitrogens with zero attached hydrogens (tertiary/aromatic N) is 1. The summed E-state index contributed by atoms with van der Waals surface area (Å²) in [6.07, 6.45) is 0. The van der Waals surface area contributed by atoms with E-state index < -0.39 is 0 Å². The van der Waals surface area contributed by atoms with Gasteiger partial charge in [-0.25, -0.2) is 4.39 Å². The van der Waals surface area contributed by atoms with Crippen molar-refractivity contribution in [1.82, 2.24) is 0 Å². The number of hydrogen-bond donors (Lipinski definition) is 1. The van der Waals surface area contributed by atoms with E-state index in [1.165, 1.54) is 11.0 Å². The van der Waals surface area contributed by atoms with Crippen LogP contribution in [0.15, 0.2) is 66.7 Å². The lowest BCUT2D eigenvalue weighted by atomic mass is 10.1. The minimum absolute atomic E-state index is 0.0952. The minimum Gasteiger partial charge on any atom is -0.484 e. The van der Waals surface area contributed by atoms with Crippen molar-refractivity contribution in [2.75, 3.05) is 23.4 Å². The molecule has 1 aliphatic rings. The third kappa shape index (κ3) is 4.83. The van der Waals surface area contributed by atoms with Gasteiger partial charge >= 0.3 is 0 Å². The Kier molecular flexibility index (Phi) is 5.84. The standard InChI is InChI=1S/C24H21FN2O4/c1-16-6-9-19(10-7-16)30-14-23(28)26-18-8-11-21-22(12-18)31-15-24(29)27(21)13-17-4-2-3-5-20(17)25/h2-12H,13-15H2,1H3,(H,26,28). The monoisotopic (exact) mass is 420 g/mol. The summed E-state index contributed by atoms with van der Waals surface area (Å²) in [4.78, 5) is 26.1. The molecular formula is C24H21FN2O4. The second kappa shape index (κ2) is 8.87. The Morgan fingerprint density at radius 3 is 2.68 bits per heavy atom. The molecule has 31 heavy (non-hydrogen) atoms. The van der Waals surface area contributed by atoms with Crippen LogP contribution in [-0.4, -0.2) is 25.0 Å². The van der Waals surface area contributed by atoms with Crippen LogP contribution in [0.1, 0.15) is 11.1 Å². The molecule has 4 rings (SSSR count). The summed E-state index contributed by atoms with van der Waals surface area (Å²) in [5, 5.41) is 2.75. The molecule has 0 bridgehead atoms. The van der Waals surface area contributed by atoms with Gasteiger partial charge in [-0.2, -0.15) is 0 Å². The van der Waals surface area contributed by atoms with Crippen molar-refractivity contribution in [2.45, 2.75) is 13.5 Å². The Morgan fingerprint density at radius 1 is 1.13 bits per heavy atom. The topological polar surface area (TPSA) is 67.9 Å². The van der Waals surface area contributed by atoms with Gasteiger partial charge in [-0.1, -0.05) is 35.9 Å². The molecule has 0 radical (unpaired) electrons. The van der Waals surface area contributed by atoms with Crippen LogP contribution in [0.2, 0.25) is 0 Å². The molecule has 158 valence electrons. The summed E-state index contributed by atoms with van der Waals surface area (Å²) in [5.41, 5.74) is 2.55. The number of aryl methyl sites for hydroxylation is 1. The first-order chi connectivity index (χ1) is 15.0. The second-order valence-corrected chi connectivity index (χ2v) is 7.19. The highest BCUT2D eigenvalue weighted by Crippen LogP contribution is 2.35. The number of nitrogens with one attached hydrogen (secondary N) is 1. The summed E-state index contributed by atoms with van der Waals surface area (Å²) in [5.74, 6) is 0.0838. The van der Waals surface area contributed by atoms with Gasteiger partial charge in [0.25, 0.3) is 11.8 Å². The zero-order valence-corrected chi connectivity index (χ0v) is 16.9. The maximum Gasteiger partial charge on any atom is 0.265 e. The summed E-state index contributed by atoms with van der Waals surface area (Å²) in [6.45, 7) is 1.77. The lowest BCUT2D eigenvalue weighted by Gasteiger charge is -2.30. The molecule has 0 spiro atoms. The Bertz CT molecular complexity index is 1110. The average molecular weight is 420 g/mol. The van der Waals surface area contributed by atoms with E-state index in [0.29, 0.717) is 28.4 Å². The number of halogens is 1. The zero-order valence-electron chi connectivity index (χ0n) is 16.9. The second-order valence-electron chi connectivity index (χ2n) is 7.19. The highest BCUT2D eigenvalue weighted by atomic mass is 19.1. The number of fused-ring (bicyclic) bond motifs is 1. The first-order valence-corrected chi connectivity index (χ1v) is 9.79. The Balaban J connectivity index is 1.44. The molecule has 0 unspecified atom stereocenters. The molecule has 3 aromatic carbocycles. The van der Waals surface area contributed by atoms with Crippen LogP contribution < -0.4 is 19.7 Å². The van der Waals surface area contributed by atoms with Gasteiger partial charge in [0.15, 0.2) is 13.2 Å². The van der Waals surface area contributed by atoms with Gasteiger partial charge in [-0.15, -0.1) is 0 Å². The summed E-state index contributed by atoms with van der Waals surface area (Å²) >= 11 is 0. The van der Waals surface area contributed by atoms with E-state index in [4.69, 9.17) is 9.47 Å². The molecule has 3 aromatic rings. The van der Waals surface area contributed by atoms with Gasteiger partial charge < -0.3 is 19.7 Å². The van der Waals surface area contributed by atoms with Crippen LogP contribution in [0.3, 0.4) is 0 Å². The van der Waals surface area contributed by atoms with Gasteiger partial charge in [0, 0.05) is 17.3 Å². The van der Waals surface area contributed by atoms with Crippen LogP contribution in [0.4, 0.5) is 15.8 Å². The third-order valence-corrected chi connectivity index (χ3v) is 4.86. The van der Waals surface area contributed by atoms with Gasteiger partial charge in [0.2, 0.25) is 0 Å². The van der Waals surface area contributed by atoms with E-state index in [9.17, 15) is 14.0 Å². The molecule has 6 nitrogen and oxygen atoms in total. The molecule has 1 N–H and O–H groups in total. The summed E-state index contributed by atoms with van der Waals surface area (Å²) in [7, 11) is 0. The van der Waals surface area contributed by atoms with E-state index in [1.54, 1.807) is 48.5 Å². The molecular weight excluding hydrogens is 399 g/mol. The van der Waals surface area contributed by atoms with Gasteiger partial charge in [0.05, 0.1) is 12.2 Å². The van der Waals surface area contributed by atoms with Crippen molar-refractivity contribution < 1.29 is 23.5 Å². The lowest BCUT2D eigenvalue weighted by molar-refractivity contribution is -0.121. The van der Waals surface area contributed by atoms with Crippen molar-refractivity contribution >= 4 is 23.2 Å². The fourth-order valence-electron chi connectivity index (χ4n) is 3.23. The number of rotatable bonds is 6. The Morgan fingerprint density at radius 2 is 1.90 bits per heavy atom. The van der Waals surface area contributed by atoms with Crippen molar-refractivity contribution in [3.63, 3.8) is 0 Å². The average Bonchev–Trinajstić information content (AvgIpc) is 2.77. The van der Waals surface area contributed by atoms with Gasteiger partial charge in [0.1, 0.15) is 17.3 Å². The molecule has 0 saturated heterocycles. The van der Waals surface area contributed by atoms with E-state index in [1.807, 2.05) is 19.1 Å². The molecule has 0 aromatic heterocycles. The van der Waals surface area contributed by atoms with Crippen LogP contribution in [-0.2, 0) is 16.1 Å². The lowest BCUT2D eigenvalue weighted by Crippen LogP contribution is -2.38. The first-order valence-electron chi connectivity index (χ1n) is 9.79. The van der Waals surface area contributed by atoms with E-state index in [2.05, 4.69) is 5.32 Å². The number of ether oxygens (including phenoxy) is 2. The predicted molar refractivity (Wildman–Crippen MR) is 115 cm³/mol. The summed E-state index contributed by atoms with van der Waals surface area (Å²) < 4.78 is 25.1. The number of amides is 2. The first kappa shape index (κ1) is 20.4. The molecule has 7 heteroatoms. The Hall–Kier alpha value is -3.87. The van der Waals surface area contributed by atoms with Crippen LogP contribution >= 0.6 is 0 Å². The Labute approximate surface area is 179 Å². The normalized spacial score (nSPS) is 12.7. The van der Waals surface area contributed by atoms with Crippen molar-refractivity contribution in [2.24, 2.45) is 0 Å². The number of carbonyl (C=O) groups is 2. The van der Waals surface area contributed by atoms with E-state index in [-0.39, 0.29) is 37.4 Å². The number of anilines is 2. The fourth-order valence-corrected chi connectivity index (χ4v) is 3.23. The smallest absolute Gasteiger partial charge is 0.265 e. The maximum absolute atomic E-state index is 14.0. The zero-order chi connectivity index (χ0) is 21.8. The maximum atomic E-state index is 14.0. The number of carbonyl (C=O) groups excluding carboxylic acids is 2. The fraction of sp³-hybridized carbons (Fsp3) is 0.167. The quantitative estimate of drug-likeness (QED) is 0.653. The number of hydrogen-bond acceptors (Lipinski definition) is 4. The third-order valence-electron chi connectivity index (χ3n) is 4.86. The van der Waals surface area contributed by atoms with Crippen LogP contribution in [0.25, 0.3) is 0 Å². The molecule has 1 heterocycles. The molecule has 0 atom stereocenters. The van der Waals surface area contributed by atoms with Crippen LogP contribution in [0, 0.1) is 12.7 Å². The predicted octanol–water partition coefficient (Wildman–Crippen LogP) is 4.08. The molecule has 0 saturated carbocycles. The molecule has 1 aliphatic heterocycles. The van der Waals surface area contributed by atoms with E-state index in [0.717, 1.165) is 5.56 Å². The number of benzene rings is 3. The highest BCUT2D eigenvalue weighted by molar-refractivity contribution is 5.99. The molecule has 2 amide bonds. The van der Waals surface area contributed by atoms with Crippen molar-refractivity contribution in [3.05, 3.63) is 83.7 Å². The largest absolute Gasteiger partial charge is 0.484 e. The van der Waals surface area contributed by atoms with Crippen molar-refractivity contribution in [1.29, 1.82) is 0 Å². The SMILES string of the molecule is Cc1ccc(OCC(=O)Nc2ccc3c(c2)OCC(=O)N3Cc2ccccc2F)cc1. The van der Waals surface area contributed by atoms with Gasteiger partial charge in [-0.05, 0) is 37.3 Å². The summed E-state index contributed by atoms with van der Waals surface area (Å²) in [6, 6.07) is 18.7.